The van der Waals surface area contributed by atoms with Crippen LogP contribution in [0.1, 0.15) is 72.6 Å². The summed E-state index contributed by atoms with van der Waals surface area (Å²) in [5.41, 5.74) is -0.0452. The molecule has 0 spiro atoms. The van der Waals surface area contributed by atoms with Crippen LogP contribution >= 0.6 is 0 Å². The highest BCUT2D eigenvalue weighted by Gasteiger charge is 2.35. The van der Waals surface area contributed by atoms with E-state index in [0.29, 0.717) is 11.1 Å². The first-order valence-corrected chi connectivity index (χ1v) is 10.4. The van der Waals surface area contributed by atoms with Gasteiger partial charge < -0.3 is 25.4 Å². The van der Waals surface area contributed by atoms with E-state index >= 15 is 0 Å². The Labute approximate surface area is 185 Å². The second-order valence-corrected chi connectivity index (χ2v) is 9.94. The fourth-order valence-corrected chi connectivity index (χ4v) is 3.01. The summed E-state index contributed by atoms with van der Waals surface area (Å²) in [4.78, 5) is 39.8. The average molecular weight is 436 g/mol. The monoisotopic (exact) mass is 435 g/mol. The minimum absolute atomic E-state index is 0.104. The van der Waals surface area contributed by atoms with Crippen LogP contribution in [-0.4, -0.2) is 51.6 Å². The highest BCUT2D eigenvalue weighted by atomic mass is 16.6. The van der Waals surface area contributed by atoms with Gasteiger partial charge in [0, 0.05) is 11.6 Å². The van der Waals surface area contributed by atoms with E-state index in [9.17, 15) is 19.5 Å². The second-order valence-electron chi connectivity index (χ2n) is 9.94. The molecule has 0 fully saturated rings. The van der Waals surface area contributed by atoms with Crippen molar-refractivity contribution < 1.29 is 24.2 Å². The Morgan fingerprint density at radius 2 is 1.68 bits per heavy atom. The van der Waals surface area contributed by atoms with Crippen molar-refractivity contribution in [1.29, 1.82) is 0 Å². The molecular weight excluding hydrogens is 398 g/mol. The summed E-state index contributed by atoms with van der Waals surface area (Å²) in [7, 11) is 0. The van der Waals surface area contributed by atoms with Crippen LogP contribution in [-0.2, 0) is 14.3 Å². The lowest BCUT2D eigenvalue weighted by molar-refractivity contribution is -0.142. The van der Waals surface area contributed by atoms with Gasteiger partial charge in [0.15, 0.2) is 0 Å². The summed E-state index contributed by atoms with van der Waals surface area (Å²) in [6.45, 7) is 15.8. The summed E-state index contributed by atoms with van der Waals surface area (Å²) < 4.78 is 5.19. The van der Waals surface area contributed by atoms with Crippen molar-refractivity contribution in [2.45, 2.75) is 85.5 Å². The third kappa shape index (κ3) is 8.47. The number of nitrogens with one attached hydrogen (secondary N) is 2. The molecule has 1 aromatic carbocycles. The lowest BCUT2D eigenvalue weighted by Crippen LogP contribution is -2.53. The molecule has 1 aromatic rings. The topological polar surface area (TPSA) is 108 Å². The van der Waals surface area contributed by atoms with Crippen LogP contribution in [0.4, 0.5) is 4.79 Å². The van der Waals surface area contributed by atoms with E-state index in [1.54, 1.807) is 53.7 Å². The van der Waals surface area contributed by atoms with Crippen molar-refractivity contribution in [2.75, 3.05) is 6.54 Å². The zero-order valence-electron chi connectivity index (χ0n) is 20.1. The second kappa shape index (κ2) is 10.0. The largest absolute Gasteiger partial charge is 0.508 e. The Morgan fingerprint density at radius 1 is 1.10 bits per heavy atom. The van der Waals surface area contributed by atoms with Crippen molar-refractivity contribution in [3.05, 3.63) is 29.3 Å². The van der Waals surface area contributed by atoms with Gasteiger partial charge in [0.05, 0.1) is 0 Å². The summed E-state index contributed by atoms with van der Waals surface area (Å²) >= 11 is 0. The molecule has 0 aliphatic heterocycles. The molecule has 31 heavy (non-hydrogen) atoms. The zero-order valence-corrected chi connectivity index (χ0v) is 20.1. The zero-order chi connectivity index (χ0) is 24.1. The standard InChI is InChI=1S/C23H37N3O5/c1-14(2)26(18(28)13-24-21(30)31-23(7,8)9)19(20(29)25-22(4,5)6)16-10-11-17(27)15(3)12-16/h10-12,14,19,27H,13H2,1-9H3,(H,24,30)(H,25,29). The number of hydrogen-bond donors (Lipinski definition) is 3. The van der Waals surface area contributed by atoms with Crippen molar-refractivity contribution >= 4 is 17.9 Å². The number of phenolic OH excluding ortho intramolecular Hbond substituents is 1. The minimum Gasteiger partial charge on any atom is -0.508 e. The van der Waals surface area contributed by atoms with Crippen molar-refractivity contribution in [3.8, 4) is 5.75 Å². The van der Waals surface area contributed by atoms with E-state index in [2.05, 4.69) is 10.6 Å². The summed E-state index contributed by atoms with van der Waals surface area (Å²) in [5, 5.41) is 15.3. The number of nitrogens with zero attached hydrogens (tertiary/aromatic N) is 1. The van der Waals surface area contributed by atoms with E-state index in [-0.39, 0.29) is 24.2 Å². The van der Waals surface area contributed by atoms with Crippen LogP contribution in [0, 0.1) is 6.92 Å². The quantitative estimate of drug-likeness (QED) is 0.635. The molecule has 1 unspecified atom stereocenters. The third-order valence-electron chi connectivity index (χ3n) is 4.19. The lowest BCUT2D eigenvalue weighted by atomic mass is 9.98. The fourth-order valence-electron chi connectivity index (χ4n) is 3.01. The Bertz CT molecular complexity index is 806. The van der Waals surface area contributed by atoms with E-state index in [0.717, 1.165) is 0 Å². The van der Waals surface area contributed by atoms with Crippen LogP contribution in [0.25, 0.3) is 0 Å². The van der Waals surface area contributed by atoms with Gasteiger partial charge in [0.1, 0.15) is 23.9 Å². The van der Waals surface area contributed by atoms with Crippen LogP contribution in [0.15, 0.2) is 18.2 Å². The number of carbonyl (C=O) groups excluding carboxylic acids is 3. The predicted molar refractivity (Wildman–Crippen MR) is 120 cm³/mol. The maximum Gasteiger partial charge on any atom is 0.408 e. The Morgan fingerprint density at radius 3 is 2.13 bits per heavy atom. The SMILES string of the molecule is Cc1cc(C(C(=O)NC(C)(C)C)N(C(=O)CNC(=O)OC(C)(C)C)C(C)C)ccc1O. The molecule has 0 aliphatic rings. The van der Waals surface area contributed by atoms with Crippen LogP contribution in [0.5, 0.6) is 5.75 Å². The number of carbonyl (C=O) groups is 3. The molecule has 0 radical (unpaired) electrons. The van der Waals surface area contributed by atoms with Gasteiger partial charge in [-0.15, -0.1) is 0 Å². The van der Waals surface area contributed by atoms with Gasteiger partial charge in [-0.2, -0.15) is 0 Å². The highest BCUT2D eigenvalue weighted by molar-refractivity contribution is 5.91. The molecule has 1 rings (SSSR count). The fraction of sp³-hybridized carbons (Fsp3) is 0.609. The number of benzene rings is 1. The average Bonchev–Trinajstić information content (AvgIpc) is 2.56. The molecule has 0 saturated heterocycles. The van der Waals surface area contributed by atoms with Gasteiger partial charge in [-0.3, -0.25) is 9.59 Å². The van der Waals surface area contributed by atoms with Crippen LogP contribution in [0.3, 0.4) is 0 Å². The number of hydrogen-bond acceptors (Lipinski definition) is 5. The first-order valence-electron chi connectivity index (χ1n) is 10.4. The van der Waals surface area contributed by atoms with Crippen molar-refractivity contribution in [2.24, 2.45) is 0 Å². The molecule has 8 nitrogen and oxygen atoms in total. The molecule has 0 aromatic heterocycles. The van der Waals surface area contributed by atoms with Gasteiger partial charge in [0.25, 0.3) is 0 Å². The summed E-state index contributed by atoms with van der Waals surface area (Å²) in [6.07, 6.45) is -0.708. The number of aromatic hydroxyl groups is 1. The number of ether oxygens (including phenoxy) is 1. The van der Waals surface area contributed by atoms with Gasteiger partial charge in [-0.1, -0.05) is 6.07 Å². The molecule has 0 bridgehead atoms. The lowest BCUT2D eigenvalue weighted by Gasteiger charge is -2.36. The predicted octanol–water partition coefficient (Wildman–Crippen LogP) is 3.42. The smallest absolute Gasteiger partial charge is 0.408 e. The summed E-state index contributed by atoms with van der Waals surface area (Å²) in [5.74, 6) is -0.676. The number of aryl methyl sites for hydroxylation is 1. The molecule has 1 atom stereocenters. The van der Waals surface area contributed by atoms with Gasteiger partial charge >= 0.3 is 6.09 Å². The third-order valence-corrected chi connectivity index (χ3v) is 4.19. The molecule has 3 amide bonds. The minimum atomic E-state index is -0.938. The Hall–Kier alpha value is -2.77. The molecule has 174 valence electrons. The van der Waals surface area contributed by atoms with E-state index in [1.165, 1.54) is 11.0 Å². The van der Waals surface area contributed by atoms with Gasteiger partial charge in [-0.25, -0.2) is 4.79 Å². The summed E-state index contributed by atoms with van der Waals surface area (Å²) in [6, 6.07) is 3.54. The maximum atomic E-state index is 13.3. The molecule has 3 N–H and O–H groups in total. The Balaban J connectivity index is 3.26. The molecule has 0 aliphatic carbocycles. The maximum absolute atomic E-state index is 13.3. The molecular formula is C23H37N3O5. The van der Waals surface area contributed by atoms with Crippen molar-refractivity contribution in [3.63, 3.8) is 0 Å². The normalized spacial score (nSPS) is 12.8. The number of phenols is 1. The molecule has 8 heteroatoms. The van der Waals surface area contributed by atoms with Crippen molar-refractivity contribution in [1.82, 2.24) is 15.5 Å². The number of amides is 3. The van der Waals surface area contributed by atoms with Gasteiger partial charge in [-0.05, 0) is 85.6 Å². The molecule has 0 heterocycles. The number of alkyl carbamates (subject to hydrolysis) is 1. The van der Waals surface area contributed by atoms with E-state index in [1.807, 2.05) is 20.8 Å². The van der Waals surface area contributed by atoms with Crippen LogP contribution < -0.4 is 10.6 Å². The Kier molecular flexibility index (Phi) is 8.49. The number of rotatable bonds is 6. The van der Waals surface area contributed by atoms with Gasteiger partial charge in [0.2, 0.25) is 11.8 Å². The highest BCUT2D eigenvalue weighted by Crippen LogP contribution is 2.28. The van der Waals surface area contributed by atoms with Crippen LogP contribution in [0.2, 0.25) is 0 Å². The first-order chi connectivity index (χ1) is 14.0. The van der Waals surface area contributed by atoms with E-state index in [4.69, 9.17) is 4.74 Å². The molecule has 0 saturated carbocycles. The first kappa shape index (κ1) is 26.3. The van der Waals surface area contributed by atoms with E-state index < -0.39 is 29.2 Å².